The highest BCUT2D eigenvalue weighted by molar-refractivity contribution is 7.89. The van der Waals surface area contributed by atoms with Gasteiger partial charge in [0.05, 0.1) is 10.9 Å². The average Bonchev–Trinajstić information content (AvgIpc) is 3.21. The Morgan fingerprint density at radius 3 is 2.32 bits per heavy atom. The van der Waals surface area contributed by atoms with Crippen LogP contribution in [0, 0.1) is 6.92 Å². The van der Waals surface area contributed by atoms with Gasteiger partial charge in [0.2, 0.25) is 10.0 Å². The van der Waals surface area contributed by atoms with Crippen molar-refractivity contribution in [3.8, 4) is 0 Å². The second kappa shape index (κ2) is 9.51. The van der Waals surface area contributed by atoms with E-state index in [1.165, 1.54) is 17.7 Å². The van der Waals surface area contributed by atoms with Gasteiger partial charge in [0.1, 0.15) is 0 Å². The first kappa shape index (κ1) is 23.4. The van der Waals surface area contributed by atoms with Gasteiger partial charge in [0.15, 0.2) is 0 Å². The molecule has 1 atom stereocenters. The van der Waals surface area contributed by atoms with Crippen molar-refractivity contribution in [1.29, 1.82) is 0 Å². The SMILES string of the molecule is Cc1ccc(S(=O)(=O)NC(C)(C)C)cc1C(=O)NCC(c1ccccc1)N1CCCC1. The average molecular weight is 444 g/mol. The van der Waals surface area contributed by atoms with Crippen molar-refractivity contribution in [2.75, 3.05) is 19.6 Å². The molecular formula is C24H33N3O3S. The highest BCUT2D eigenvalue weighted by Gasteiger charge is 2.26. The van der Waals surface area contributed by atoms with E-state index in [2.05, 4.69) is 27.1 Å². The molecule has 0 aromatic heterocycles. The standard InChI is InChI=1S/C24H33N3O3S/c1-18-12-13-20(31(29,30)26-24(2,3)4)16-21(18)23(28)25-17-22(27-14-8-9-15-27)19-10-6-5-7-11-19/h5-7,10-13,16,22,26H,8-9,14-15,17H2,1-4H3,(H,25,28). The van der Waals surface area contributed by atoms with Crippen molar-refractivity contribution in [2.45, 2.75) is 57.0 Å². The van der Waals surface area contributed by atoms with Crippen molar-refractivity contribution in [3.05, 3.63) is 65.2 Å². The van der Waals surface area contributed by atoms with E-state index >= 15 is 0 Å². The van der Waals surface area contributed by atoms with Gasteiger partial charge >= 0.3 is 0 Å². The summed E-state index contributed by atoms with van der Waals surface area (Å²) in [6, 6.07) is 15.0. The van der Waals surface area contributed by atoms with Crippen LogP contribution in [-0.2, 0) is 10.0 Å². The summed E-state index contributed by atoms with van der Waals surface area (Å²) in [6.45, 7) is 9.68. The fourth-order valence-electron chi connectivity index (χ4n) is 3.95. The van der Waals surface area contributed by atoms with E-state index < -0.39 is 15.6 Å². The lowest BCUT2D eigenvalue weighted by Gasteiger charge is -2.28. The van der Waals surface area contributed by atoms with Crippen molar-refractivity contribution in [3.63, 3.8) is 0 Å². The number of nitrogens with zero attached hydrogens (tertiary/aromatic N) is 1. The number of amides is 1. The Morgan fingerprint density at radius 2 is 1.71 bits per heavy atom. The van der Waals surface area contributed by atoms with Gasteiger partial charge in [-0.25, -0.2) is 13.1 Å². The minimum absolute atomic E-state index is 0.0947. The highest BCUT2D eigenvalue weighted by atomic mass is 32.2. The minimum atomic E-state index is -3.72. The molecule has 1 aliphatic rings. The largest absolute Gasteiger partial charge is 0.350 e. The quantitative estimate of drug-likeness (QED) is 0.685. The summed E-state index contributed by atoms with van der Waals surface area (Å²) in [5, 5.41) is 3.05. The highest BCUT2D eigenvalue weighted by Crippen LogP contribution is 2.25. The molecule has 2 N–H and O–H groups in total. The maximum atomic E-state index is 13.0. The molecule has 1 saturated heterocycles. The molecule has 168 valence electrons. The number of hydrogen-bond donors (Lipinski definition) is 2. The molecule has 3 rings (SSSR count). The molecule has 1 aliphatic heterocycles. The lowest BCUT2D eigenvalue weighted by Crippen LogP contribution is -2.40. The van der Waals surface area contributed by atoms with E-state index in [4.69, 9.17) is 0 Å². The molecule has 0 bridgehead atoms. The first-order valence-electron chi connectivity index (χ1n) is 10.8. The van der Waals surface area contributed by atoms with Gasteiger partial charge in [0, 0.05) is 17.6 Å². The molecule has 0 radical (unpaired) electrons. The number of aryl methyl sites for hydroxylation is 1. The molecule has 2 aromatic carbocycles. The van der Waals surface area contributed by atoms with Gasteiger partial charge in [-0.05, 0) is 76.9 Å². The lowest BCUT2D eigenvalue weighted by atomic mass is 10.0. The van der Waals surface area contributed by atoms with Crippen LogP contribution < -0.4 is 10.0 Å². The first-order valence-corrected chi connectivity index (χ1v) is 12.3. The third-order valence-corrected chi connectivity index (χ3v) is 7.18. The summed E-state index contributed by atoms with van der Waals surface area (Å²) in [7, 11) is -3.72. The zero-order chi connectivity index (χ0) is 22.6. The molecule has 0 aliphatic carbocycles. The van der Waals surface area contributed by atoms with Crippen LogP contribution in [0.4, 0.5) is 0 Å². The van der Waals surface area contributed by atoms with E-state index in [0.717, 1.165) is 31.5 Å². The zero-order valence-corrected chi connectivity index (χ0v) is 19.6. The van der Waals surface area contributed by atoms with Crippen molar-refractivity contribution < 1.29 is 13.2 Å². The van der Waals surface area contributed by atoms with Crippen LogP contribution in [0.25, 0.3) is 0 Å². The summed E-state index contributed by atoms with van der Waals surface area (Å²) in [5.41, 5.74) is 1.69. The molecule has 2 aromatic rings. The number of rotatable bonds is 7. The second-order valence-corrected chi connectivity index (χ2v) is 10.9. The van der Waals surface area contributed by atoms with E-state index in [1.807, 2.05) is 25.1 Å². The Kier molecular flexibility index (Phi) is 7.19. The van der Waals surface area contributed by atoms with Crippen molar-refractivity contribution >= 4 is 15.9 Å². The molecule has 1 fully saturated rings. The Bertz CT molecular complexity index is 1010. The van der Waals surface area contributed by atoms with Crippen molar-refractivity contribution in [1.82, 2.24) is 14.9 Å². The fraction of sp³-hybridized carbons (Fsp3) is 0.458. The zero-order valence-electron chi connectivity index (χ0n) is 18.8. The van der Waals surface area contributed by atoms with Crippen LogP contribution in [0.15, 0.2) is 53.4 Å². The summed E-state index contributed by atoms with van der Waals surface area (Å²) in [5.74, 6) is -0.259. The number of likely N-dealkylation sites (tertiary alicyclic amines) is 1. The molecule has 1 unspecified atom stereocenters. The van der Waals surface area contributed by atoms with Crippen LogP contribution >= 0.6 is 0 Å². The number of carbonyl (C=O) groups excluding carboxylic acids is 1. The number of hydrogen-bond acceptors (Lipinski definition) is 4. The van der Waals surface area contributed by atoms with E-state index in [-0.39, 0.29) is 16.8 Å². The predicted molar refractivity (Wildman–Crippen MR) is 124 cm³/mol. The second-order valence-electron chi connectivity index (χ2n) is 9.21. The predicted octanol–water partition coefficient (Wildman–Crippen LogP) is 3.64. The Labute approximate surface area is 186 Å². The number of benzene rings is 2. The minimum Gasteiger partial charge on any atom is -0.350 e. The number of nitrogens with one attached hydrogen (secondary N) is 2. The Morgan fingerprint density at radius 1 is 1.06 bits per heavy atom. The van der Waals surface area contributed by atoms with Gasteiger partial charge in [-0.3, -0.25) is 9.69 Å². The fourth-order valence-corrected chi connectivity index (χ4v) is 5.39. The molecular weight excluding hydrogens is 410 g/mol. The maximum Gasteiger partial charge on any atom is 0.251 e. The smallest absolute Gasteiger partial charge is 0.251 e. The van der Waals surface area contributed by atoms with Gasteiger partial charge in [-0.15, -0.1) is 0 Å². The van der Waals surface area contributed by atoms with Crippen LogP contribution in [0.3, 0.4) is 0 Å². The van der Waals surface area contributed by atoms with Gasteiger partial charge < -0.3 is 5.32 Å². The van der Waals surface area contributed by atoms with E-state index in [9.17, 15) is 13.2 Å². The number of carbonyl (C=O) groups is 1. The first-order chi connectivity index (χ1) is 14.6. The third-order valence-electron chi connectivity index (χ3n) is 5.43. The van der Waals surface area contributed by atoms with Gasteiger partial charge in [-0.1, -0.05) is 36.4 Å². The number of sulfonamides is 1. The van der Waals surface area contributed by atoms with Crippen molar-refractivity contribution in [2.24, 2.45) is 0 Å². The Balaban J connectivity index is 1.79. The summed E-state index contributed by atoms with van der Waals surface area (Å²) in [4.78, 5) is 15.5. The normalized spacial score (nSPS) is 16.3. The molecule has 31 heavy (non-hydrogen) atoms. The van der Waals surface area contributed by atoms with Gasteiger partial charge in [-0.2, -0.15) is 0 Å². The molecule has 1 heterocycles. The molecule has 0 spiro atoms. The van der Waals surface area contributed by atoms with Gasteiger partial charge in [0.25, 0.3) is 5.91 Å². The van der Waals surface area contributed by atoms with Crippen LogP contribution in [-0.4, -0.2) is 44.4 Å². The van der Waals surface area contributed by atoms with E-state index in [0.29, 0.717) is 12.1 Å². The van der Waals surface area contributed by atoms with Crippen LogP contribution in [0.1, 0.15) is 61.1 Å². The maximum absolute atomic E-state index is 13.0. The Hall–Kier alpha value is -2.22. The van der Waals surface area contributed by atoms with Crippen LogP contribution in [0.5, 0.6) is 0 Å². The third kappa shape index (κ3) is 6.15. The topological polar surface area (TPSA) is 78.5 Å². The molecule has 0 saturated carbocycles. The molecule has 7 heteroatoms. The summed E-state index contributed by atoms with van der Waals surface area (Å²) in [6.07, 6.45) is 2.33. The summed E-state index contributed by atoms with van der Waals surface area (Å²) < 4.78 is 28.1. The molecule has 6 nitrogen and oxygen atoms in total. The lowest BCUT2D eigenvalue weighted by molar-refractivity contribution is 0.0937. The van der Waals surface area contributed by atoms with E-state index in [1.54, 1.807) is 26.8 Å². The van der Waals surface area contributed by atoms with Crippen LogP contribution in [0.2, 0.25) is 0 Å². The monoisotopic (exact) mass is 443 g/mol. The molecule has 1 amide bonds. The summed E-state index contributed by atoms with van der Waals surface area (Å²) >= 11 is 0.